The second kappa shape index (κ2) is 8.66. The Bertz CT molecular complexity index is 690. The lowest BCUT2D eigenvalue weighted by molar-refractivity contribution is -0.149. The topological polar surface area (TPSA) is 114 Å². The Morgan fingerprint density at radius 1 is 1.35 bits per heavy atom. The molecule has 0 bridgehead atoms. The standard InChI is InChI=1S/C18H24N2O6/c1-18(11-25-2,17(23)24)20-16(22)4-3-9-26-13-6-7-14-12(10-13)5-8-15(21)19-14/h6-7,10H,3-5,8-9,11H2,1-2H3,(H,19,21)(H,20,22)(H,23,24). The number of methoxy groups -OCH3 is 1. The molecular formula is C18H24N2O6. The van der Waals surface area contributed by atoms with Crippen molar-refractivity contribution in [1.29, 1.82) is 0 Å². The molecule has 1 aliphatic heterocycles. The zero-order valence-corrected chi connectivity index (χ0v) is 15.0. The Labute approximate surface area is 151 Å². The van der Waals surface area contributed by atoms with Gasteiger partial charge in [0.2, 0.25) is 11.8 Å². The SMILES string of the molecule is COCC(C)(NC(=O)CCCOc1ccc2c(c1)CCC(=O)N2)C(=O)O. The number of rotatable bonds is 9. The minimum Gasteiger partial charge on any atom is -0.494 e. The number of amides is 2. The van der Waals surface area contributed by atoms with Crippen LogP contribution in [0, 0.1) is 0 Å². The van der Waals surface area contributed by atoms with E-state index in [-0.39, 0.29) is 24.8 Å². The summed E-state index contributed by atoms with van der Waals surface area (Å²) in [6.07, 6.45) is 1.73. The lowest BCUT2D eigenvalue weighted by Crippen LogP contribution is -2.55. The number of benzene rings is 1. The molecular weight excluding hydrogens is 340 g/mol. The van der Waals surface area contributed by atoms with Crippen molar-refractivity contribution in [3.8, 4) is 5.75 Å². The fraction of sp³-hybridized carbons (Fsp3) is 0.500. The summed E-state index contributed by atoms with van der Waals surface area (Å²) in [6, 6.07) is 5.46. The molecule has 0 fully saturated rings. The predicted molar refractivity (Wildman–Crippen MR) is 94.2 cm³/mol. The largest absolute Gasteiger partial charge is 0.494 e. The summed E-state index contributed by atoms with van der Waals surface area (Å²) in [5, 5.41) is 14.5. The van der Waals surface area contributed by atoms with Crippen LogP contribution in [0.2, 0.25) is 0 Å². The molecule has 0 saturated heterocycles. The van der Waals surface area contributed by atoms with Gasteiger partial charge in [-0.05, 0) is 43.5 Å². The van der Waals surface area contributed by atoms with E-state index in [9.17, 15) is 19.5 Å². The number of hydrogen-bond acceptors (Lipinski definition) is 5. The van der Waals surface area contributed by atoms with E-state index in [0.717, 1.165) is 11.3 Å². The van der Waals surface area contributed by atoms with Crippen LogP contribution in [0.4, 0.5) is 5.69 Å². The highest BCUT2D eigenvalue weighted by atomic mass is 16.5. The number of carboxylic acid groups (broad SMARTS) is 1. The number of carbonyl (C=O) groups excluding carboxylic acids is 2. The first-order valence-corrected chi connectivity index (χ1v) is 8.43. The van der Waals surface area contributed by atoms with E-state index in [4.69, 9.17) is 9.47 Å². The highest BCUT2D eigenvalue weighted by Crippen LogP contribution is 2.26. The average molecular weight is 364 g/mol. The van der Waals surface area contributed by atoms with Gasteiger partial charge in [-0.25, -0.2) is 4.79 Å². The van der Waals surface area contributed by atoms with E-state index in [1.165, 1.54) is 14.0 Å². The van der Waals surface area contributed by atoms with Crippen LogP contribution in [0.1, 0.15) is 31.7 Å². The summed E-state index contributed by atoms with van der Waals surface area (Å²) in [7, 11) is 1.38. The van der Waals surface area contributed by atoms with Gasteiger partial charge in [0.25, 0.3) is 0 Å². The highest BCUT2D eigenvalue weighted by molar-refractivity contribution is 5.94. The Hall–Kier alpha value is -2.61. The van der Waals surface area contributed by atoms with Crippen molar-refractivity contribution >= 4 is 23.5 Å². The Morgan fingerprint density at radius 3 is 2.81 bits per heavy atom. The van der Waals surface area contributed by atoms with Gasteiger partial charge in [0.05, 0.1) is 13.2 Å². The maximum absolute atomic E-state index is 11.9. The average Bonchev–Trinajstić information content (AvgIpc) is 2.58. The molecule has 0 spiro atoms. The molecule has 2 amide bonds. The van der Waals surface area contributed by atoms with Gasteiger partial charge in [0.1, 0.15) is 5.75 Å². The molecule has 3 N–H and O–H groups in total. The van der Waals surface area contributed by atoms with Gasteiger partial charge in [-0.2, -0.15) is 0 Å². The van der Waals surface area contributed by atoms with E-state index >= 15 is 0 Å². The lowest BCUT2D eigenvalue weighted by atomic mass is 10.0. The second-order valence-electron chi connectivity index (χ2n) is 6.44. The van der Waals surface area contributed by atoms with Gasteiger partial charge in [-0.1, -0.05) is 0 Å². The summed E-state index contributed by atoms with van der Waals surface area (Å²) in [5.74, 6) is -0.831. The smallest absolute Gasteiger partial charge is 0.331 e. The monoisotopic (exact) mass is 364 g/mol. The first kappa shape index (κ1) is 19.7. The highest BCUT2D eigenvalue weighted by Gasteiger charge is 2.34. The number of aryl methyl sites for hydroxylation is 1. The summed E-state index contributed by atoms with van der Waals surface area (Å²) in [6.45, 7) is 1.61. The van der Waals surface area contributed by atoms with Crippen molar-refractivity contribution in [2.24, 2.45) is 0 Å². The molecule has 1 heterocycles. The third-order valence-electron chi connectivity index (χ3n) is 4.11. The van der Waals surface area contributed by atoms with Crippen LogP contribution in [-0.2, 0) is 25.5 Å². The van der Waals surface area contributed by atoms with Crippen LogP contribution < -0.4 is 15.4 Å². The molecule has 1 aromatic carbocycles. The summed E-state index contributed by atoms with van der Waals surface area (Å²) < 4.78 is 10.5. The maximum Gasteiger partial charge on any atom is 0.331 e. The molecule has 26 heavy (non-hydrogen) atoms. The molecule has 0 radical (unpaired) electrons. The summed E-state index contributed by atoms with van der Waals surface area (Å²) >= 11 is 0. The lowest BCUT2D eigenvalue weighted by Gasteiger charge is -2.25. The normalized spacial score (nSPS) is 15.4. The van der Waals surface area contributed by atoms with Crippen LogP contribution in [0.5, 0.6) is 5.75 Å². The van der Waals surface area contributed by atoms with Crippen molar-refractivity contribution in [2.75, 3.05) is 25.6 Å². The molecule has 8 nitrogen and oxygen atoms in total. The van der Waals surface area contributed by atoms with Crippen LogP contribution in [0.3, 0.4) is 0 Å². The fourth-order valence-corrected chi connectivity index (χ4v) is 2.68. The van der Waals surface area contributed by atoms with E-state index in [1.807, 2.05) is 6.07 Å². The minimum atomic E-state index is -1.45. The Morgan fingerprint density at radius 2 is 2.12 bits per heavy atom. The van der Waals surface area contributed by atoms with Gasteiger partial charge >= 0.3 is 5.97 Å². The zero-order valence-electron chi connectivity index (χ0n) is 15.0. The number of anilines is 1. The molecule has 1 unspecified atom stereocenters. The quantitative estimate of drug-likeness (QED) is 0.570. The number of ether oxygens (including phenoxy) is 2. The van der Waals surface area contributed by atoms with Crippen molar-refractivity contribution < 1.29 is 29.0 Å². The molecule has 1 aromatic rings. The number of carbonyl (C=O) groups is 3. The van der Waals surface area contributed by atoms with Gasteiger partial charge in [-0.3, -0.25) is 9.59 Å². The first-order chi connectivity index (χ1) is 12.3. The third kappa shape index (κ3) is 5.19. The number of fused-ring (bicyclic) bond motifs is 1. The van der Waals surface area contributed by atoms with Crippen molar-refractivity contribution in [1.82, 2.24) is 5.32 Å². The van der Waals surface area contributed by atoms with Gasteiger partial charge < -0.3 is 25.2 Å². The Kier molecular flexibility index (Phi) is 6.57. The first-order valence-electron chi connectivity index (χ1n) is 8.43. The number of nitrogens with one attached hydrogen (secondary N) is 2. The molecule has 2 rings (SSSR count). The van der Waals surface area contributed by atoms with Crippen LogP contribution in [-0.4, -0.2) is 48.8 Å². The number of aliphatic carboxylic acids is 1. The van der Waals surface area contributed by atoms with Gasteiger partial charge in [-0.15, -0.1) is 0 Å². The molecule has 0 aliphatic carbocycles. The number of carboxylic acids is 1. The zero-order chi connectivity index (χ0) is 19.2. The molecule has 8 heteroatoms. The summed E-state index contributed by atoms with van der Waals surface area (Å²) in [4.78, 5) is 34.5. The van der Waals surface area contributed by atoms with Crippen LogP contribution >= 0.6 is 0 Å². The second-order valence-corrected chi connectivity index (χ2v) is 6.44. The maximum atomic E-state index is 11.9. The van der Waals surface area contributed by atoms with Crippen molar-refractivity contribution in [3.05, 3.63) is 23.8 Å². The van der Waals surface area contributed by atoms with E-state index in [0.29, 0.717) is 31.6 Å². The predicted octanol–water partition coefficient (Wildman–Crippen LogP) is 1.34. The van der Waals surface area contributed by atoms with Gasteiger partial charge in [0, 0.05) is 25.6 Å². The van der Waals surface area contributed by atoms with Crippen LogP contribution in [0.25, 0.3) is 0 Å². The van der Waals surface area contributed by atoms with E-state index in [2.05, 4.69) is 10.6 Å². The minimum absolute atomic E-state index is 0.0130. The van der Waals surface area contributed by atoms with E-state index < -0.39 is 11.5 Å². The summed E-state index contributed by atoms with van der Waals surface area (Å²) in [5.41, 5.74) is 0.381. The van der Waals surface area contributed by atoms with Crippen molar-refractivity contribution in [2.45, 2.75) is 38.1 Å². The van der Waals surface area contributed by atoms with Crippen molar-refractivity contribution in [3.63, 3.8) is 0 Å². The molecule has 1 atom stereocenters. The molecule has 0 aromatic heterocycles. The third-order valence-corrected chi connectivity index (χ3v) is 4.11. The number of hydrogen-bond donors (Lipinski definition) is 3. The van der Waals surface area contributed by atoms with E-state index in [1.54, 1.807) is 12.1 Å². The molecule has 1 aliphatic rings. The van der Waals surface area contributed by atoms with Crippen LogP contribution in [0.15, 0.2) is 18.2 Å². The molecule has 142 valence electrons. The fourth-order valence-electron chi connectivity index (χ4n) is 2.68. The molecule has 0 saturated carbocycles. The van der Waals surface area contributed by atoms with Gasteiger partial charge in [0.15, 0.2) is 5.54 Å². The Balaban J connectivity index is 1.77.